The van der Waals surface area contributed by atoms with Crippen LogP contribution in [0.5, 0.6) is 0 Å². The van der Waals surface area contributed by atoms with E-state index in [0.717, 1.165) is 48.8 Å². The number of para-hydroxylation sites is 1. The molecule has 0 spiro atoms. The van der Waals surface area contributed by atoms with Crippen molar-refractivity contribution in [3.05, 3.63) is 66.2 Å². The van der Waals surface area contributed by atoms with E-state index in [0.29, 0.717) is 6.54 Å². The first-order valence-corrected chi connectivity index (χ1v) is 10.5. The Kier molecular flexibility index (Phi) is 6.42. The maximum Gasteiger partial charge on any atom is 0.191 e. The van der Waals surface area contributed by atoms with Crippen molar-refractivity contribution >= 4 is 16.9 Å². The summed E-state index contributed by atoms with van der Waals surface area (Å²) in [5.74, 6) is 1.83. The van der Waals surface area contributed by atoms with Crippen LogP contribution in [0.2, 0.25) is 0 Å². The number of hydrogen-bond acceptors (Lipinski definition) is 4. The molecule has 0 bridgehead atoms. The van der Waals surface area contributed by atoms with E-state index in [1.54, 1.807) is 6.26 Å². The Morgan fingerprint density at radius 2 is 2.00 bits per heavy atom. The van der Waals surface area contributed by atoms with Crippen LogP contribution < -0.4 is 10.6 Å². The van der Waals surface area contributed by atoms with Crippen LogP contribution in [-0.2, 0) is 6.54 Å². The van der Waals surface area contributed by atoms with Crippen LogP contribution >= 0.6 is 0 Å². The molecule has 0 aliphatic carbocycles. The van der Waals surface area contributed by atoms with Crippen LogP contribution in [0.1, 0.15) is 37.1 Å². The number of nitrogens with zero attached hydrogens (tertiary/aromatic N) is 3. The lowest BCUT2D eigenvalue weighted by molar-refractivity contribution is 0.215. The predicted octanol–water partition coefficient (Wildman–Crippen LogP) is 3.72. The summed E-state index contributed by atoms with van der Waals surface area (Å²) < 4.78 is 5.73. The van der Waals surface area contributed by atoms with Crippen molar-refractivity contribution in [2.45, 2.75) is 32.4 Å². The van der Waals surface area contributed by atoms with E-state index in [1.165, 1.54) is 18.4 Å². The topological polar surface area (TPSA) is 65.7 Å². The van der Waals surface area contributed by atoms with Crippen molar-refractivity contribution in [1.29, 1.82) is 0 Å². The van der Waals surface area contributed by atoms with E-state index in [4.69, 9.17) is 9.41 Å². The molecule has 1 saturated heterocycles. The molecule has 0 radical (unpaired) electrons. The van der Waals surface area contributed by atoms with Crippen molar-refractivity contribution in [3.63, 3.8) is 0 Å². The zero-order valence-electron chi connectivity index (χ0n) is 17.0. The number of guanidine groups is 1. The minimum atomic E-state index is 0.220. The fourth-order valence-electron chi connectivity index (χ4n) is 3.94. The predicted molar refractivity (Wildman–Crippen MR) is 117 cm³/mol. The molecule has 29 heavy (non-hydrogen) atoms. The Labute approximate surface area is 172 Å². The summed E-state index contributed by atoms with van der Waals surface area (Å²) in [6, 6.07) is 14.5. The second-order valence-corrected chi connectivity index (χ2v) is 7.34. The van der Waals surface area contributed by atoms with Gasteiger partial charge < -0.3 is 15.1 Å². The third-order valence-corrected chi connectivity index (χ3v) is 5.41. The maximum absolute atomic E-state index is 5.73. The molecule has 6 heteroatoms. The number of nitrogens with one attached hydrogen (secondary N) is 2. The molecular formula is C23H29N5O. The normalized spacial score (nSPS) is 16.2. The molecule has 0 amide bonds. The van der Waals surface area contributed by atoms with Gasteiger partial charge in [0.2, 0.25) is 0 Å². The number of fused-ring (bicyclic) bond motifs is 1. The van der Waals surface area contributed by atoms with Gasteiger partial charge in [-0.2, -0.15) is 0 Å². The zero-order chi connectivity index (χ0) is 19.9. The molecule has 6 nitrogen and oxygen atoms in total. The van der Waals surface area contributed by atoms with Crippen molar-refractivity contribution in [3.8, 4) is 0 Å². The molecule has 1 aliphatic heterocycles. The number of hydrogen-bond donors (Lipinski definition) is 2. The van der Waals surface area contributed by atoms with Gasteiger partial charge in [-0.25, -0.2) is 4.99 Å². The summed E-state index contributed by atoms with van der Waals surface area (Å²) in [6.07, 6.45) is 6.11. The average molecular weight is 392 g/mol. The summed E-state index contributed by atoms with van der Waals surface area (Å²) >= 11 is 0. The summed E-state index contributed by atoms with van der Waals surface area (Å²) in [5.41, 5.74) is 2.18. The first-order valence-electron chi connectivity index (χ1n) is 10.5. The molecule has 3 heterocycles. The standard InChI is InChI=1S/C23H29N5O/c1-2-24-23(26-16-18-11-12-25-20-9-4-3-8-19(18)20)27-17-21(22-10-7-15-29-22)28-13-5-6-14-28/h3-4,7-12,15,21H,2,5-6,13-14,16-17H2,1H3,(H2,24,26,27). The molecule has 4 rings (SSSR count). The number of aliphatic imine (C=N–C) groups is 1. The van der Waals surface area contributed by atoms with Crippen LogP contribution in [0.25, 0.3) is 10.9 Å². The second kappa shape index (κ2) is 9.56. The number of likely N-dealkylation sites (tertiary alicyclic amines) is 1. The molecule has 1 aromatic carbocycles. The summed E-state index contributed by atoms with van der Waals surface area (Å²) in [7, 11) is 0. The van der Waals surface area contributed by atoms with Gasteiger partial charge in [-0.3, -0.25) is 9.88 Å². The zero-order valence-corrected chi connectivity index (χ0v) is 17.0. The van der Waals surface area contributed by atoms with Crippen LogP contribution in [0, 0.1) is 0 Å². The molecule has 3 aromatic rings. The fraction of sp³-hybridized carbons (Fsp3) is 0.391. The maximum atomic E-state index is 5.73. The van der Waals surface area contributed by atoms with E-state index in [2.05, 4.69) is 39.6 Å². The molecular weight excluding hydrogens is 362 g/mol. The minimum absolute atomic E-state index is 0.220. The van der Waals surface area contributed by atoms with Crippen LogP contribution in [0.3, 0.4) is 0 Å². The van der Waals surface area contributed by atoms with Crippen molar-refractivity contribution in [1.82, 2.24) is 20.5 Å². The van der Waals surface area contributed by atoms with E-state index in [-0.39, 0.29) is 6.04 Å². The Morgan fingerprint density at radius 1 is 1.14 bits per heavy atom. The van der Waals surface area contributed by atoms with Crippen molar-refractivity contribution in [2.24, 2.45) is 4.99 Å². The third-order valence-electron chi connectivity index (χ3n) is 5.41. The molecule has 2 N–H and O–H groups in total. The summed E-state index contributed by atoms with van der Waals surface area (Å²) in [4.78, 5) is 11.8. The molecule has 0 saturated carbocycles. The quantitative estimate of drug-likeness (QED) is 0.475. The highest BCUT2D eigenvalue weighted by atomic mass is 16.3. The summed E-state index contributed by atoms with van der Waals surface area (Å²) in [5, 5.41) is 8.05. The lowest BCUT2D eigenvalue weighted by Crippen LogP contribution is -2.42. The lowest BCUT2D eigenvalue weighted by atomic mass is 10.1. The van der Waals surface area contributed by atoms with Crippen LogP contribution in [0.4, 0.5) is 0 Å². The monoisotopic (exact) mass is 391 g/mol. The van der Waals surface area contributed by atoms with Crippen LogP contribution in [0.15, 0.2) is 64.3 Å². The fourth-order valence-corrected chi connectivity index (χ4v) is 3.94. The van der Waals surface area contributed by atoms with E-state index in [1.807, 2.05) is 36.5 Å². The lowest BCUT2D eigenvalue weighted by Gasteiger charge is -2.26. The minimum Gasteiger partial charge on any atom is -0.468 e. The first-order chi connectivity index (χ1) is 14.3. The van der Waals surface area contributed by atoms with Gasteiger partial charge in [-0.1, -0.05) is 18.2 Å². The number of benzene rings is 1. The number of furan rings is 1. The average Bonchev–Trinajstić information content (AvgIpc) is 3.47. The van der Waals surface area contributed by atoms with Gasteiger partial charge in [-0.15, -0.1) is 0 Å². The highest BCUT2D eigenvalue weighted by Gasteiger charge is 2.25. The SMILES string of the molecule is CCNC(=NCc1ccnc2ccccc12)NCC(c1ccco1)N1CCCC1. The van der Waals surface area contributed by atoms with Gasteiger partial charge in [-0.05, 0) is 62.7 Å². The second-order valence-electron chi connectivity index (χ2n) is 7.34. The smallest absolute Gasteiger partial charge is 0.191 e. The largest absolute Gasteiger partial charge is 0.468 e. The first kappa shape index (κ1) is 19.5. The highest BCUT2D eigenvalue weighted by molar-refractivity contribution is 5.83. The Hall–Kier alpha value is -2.86. The molecule has 152 valence electrons. The third kappa shape index (κ3) is 4.77. The van der Waals surface area contributed by atoms with E-state index < -0.39 is 0 Å². The van der Waals surface area contributed by atoms with E-state index in [9.17, 15) is 0 Å². The summed E-state index contributed by atoms with van der Waals surface area (Å²) in [6.45, 7) is 6.50. The van der Waals surface area contributed by atoms with Gasteiger partial charge in [0.05, 0.1) is 24.4 Å². The molecule has 1 unspecified atom stereocenters. The van der Waals surface area contributed by atoms with Crippen LogP contribution in [-0.4, -0.2) is 42.0 Å². The molecule has 2 aromatic heterocycles. The Bertz CT molecular complexity index is 926. The number of rotatable bonds is 7. The van der Waals surface area contributed by atoms with Gasteiger partial charge in [0.15, 0.2) is 5.96 Å². The Morgan fingerprint density at radius 3 is 2.79 bits per heavy atom. The number of aromatic nitrogens is 1. The molecule has 1 aliphatic rings. The highest BCUT2D eigenvalue weighted by Crippen LogP contribution is 2.25. The van der Waals surface area contributed by atoms with Crippen molar-refractivity contribution < 1.29 is 4.42 Å². The van der Waals surface area contributed by atoms with Gasteiger partial charge >= 0.3 is 0 Å². The van der Waals surface area contributed by atoms with Crippen molar-refractivity contribution in [2.75, 3.05) is 26.2 Å². The molecule has 1 fully saturated rings. The Balaban J connectivity index is 1.48. The molecule has 1 atom stereocenters. The van der Waals surface area contributed by atoms with E-state index >= 15 is 0 Å². The van der Waals surface area contributed by atoms with Gasteiger partial charge in [0, 0.05) is 24.7 Å². The van der Waals surface area contributed by atoms with Gasteiger partial charge in [0.1, 0.15) is 5.76 Å². The number of pyridine rings is 1. The van der Waals surface area contributed by atoms with Gasteiger partial charge in [0.25, 0.3) is 0 Å².